The lowest BCUT2D eigenvalue weighted by atomic mass is 10.0. The monoisotopic (exact) mass is 326 g/mol. The quantitative estimate of drug-likeness (QED) is 0.720. The lowest BCUT2D eigenvalue weighted by molar-refractivity contribution is -0.139. The van der Waals surface area contributed by atoms with E-state index in [9.17, 15) is 14.4 Å². The average molecular weight is 326 g/mol. The van der Waals surface area contributed by atoms with Crippen LogP contribution in [0.5, 0.6) is 0 Å². The summed E-state index contributed by atoms with van der Waals surface area (Å²) in [5.74, 6) is -2.32. The molecule has 0 aromatic heterocycles. The number of primary amides is 1. The number of benzene rings is 2. The third-order valence-corrected chi connectivity index (χ3v) is 3.54. The van der Waals surface area contributed by atoms with Crippen LogP contribution in [0, 0.1) is 0 Å². The summed E-state index contributed by atoms with van der Waals surface area (Å²) in [5, 5.41) is 11.5. The zero-order valence-electron chi connectivity index (χ0n) is 12.9. The number of carboxylic acids is 1. The molecule has 1 unspecified atom stereocenters. The second-order valence-electron chi connectivity index (χ2n) is 5.31. The van der Waals surface area contributed by atoms with Gasteiger partial charge in [0.25, 0.3) is 5.91 Å². The van der Waals surface area contributed by atoms with Gasteiger partial charge in [-0.1, -0.05) is 42.5 Å². The van der Waals surface area contributed by atoms with Crippen LogP contribution < -0.4 is 11.1 Å². The largest absolute Gasteiger partial charge is 0.480 e. The maximum atomic E-state index is 12.2. The fourth-order valence-corrected chi connectivity index (χ4v) is 2.23. The minimum atomic E-state index is -1.20. The summed E-state index contributed by atoms with van der Waals surface area (Å²) in [4.78, 5) is 34.1. The molecule has 2 aromatic rings. The lowest BCUT2D eigenvalue weighted by Gasteiger charge is -2.14. The SMILES string of the molecule is NC(=O)CCC(NC(=O)c1ccc(-c2ccccc2)cc1)C(=O)O. The van der Waals surface area contributed by atoms with Gasteiger partial charge in [-0.3, -0.25) is 9.59 Å². The maximum absolute atomic E-state index is 12.2. The van der Waals surface area contributed by atoms with Crippen LogP contribution >= 0.6 is 0 Å². The normalized spacial score (nSPS) is 11.5. The van der Waals surface area contributed by atoms with Crippen LogP contribution in [-0.4, -0.2) is 28.9 Å². The van der Waals surface area contributed by atoms with Crippen molar-refractivity contribution in [3.05, 3.63) is 60.2 Å². The van der Waals surface area contributed by atoms with E-state index in [0.717, 1.165) is 11.1 Å². The lowest BCUT2D eigenvalue weighted by Crippen LogP contribution is -2.41. The molecule has 124 valence electrons. The van der Waals surface area contributed by atoms with E-state index in [1.165, 1.54) is 0 Å². The van der Waals surface area contributed by atoms with Crippen molar-refractivity contribution in [3.8, 4) is 11.1 Å². The van der Waals surface area contributed by atoms with Crippen LogP contribution in [0.1, 0.15) is 23.2 Å². The number of carbonyl (C=O) groups is 3. The fourth-order valence-electron chi connectivity index (χ4n) is 2.23. The summed E-state index contributed by atoms with van der Waals surface area (Å²) in [6.07, 6.45) is -0.150. The van der Waals surface area contributed by atoms with Crippen molar-refractivity contribution in [2.24, 2.45) is 5.73 Å². The van der Waals surface area contributed by atoms with Gasteiger partial charge in [-0.15, -0.1) is 0 Å². The molecular weight excluding hydrogens is 308 g/mol. The van der Waals surface area contributed by atoms with E-state index in [4.69, 9.17) is 10.8 Å². The van der Waals surface area contributed by atoms with Gasteiger partial charge in [0.05, 0.1) is 0 Å². The molecule has 0 spiro atoms. The molecule has 2 rings (SSSR count). The smallest absolute Gasteiger partial charge is 0.326 e. The number of carbonyl (C=O) groups excluding carboxylic acids is 2. The number of hydrogen-bond donors (Lipinski definition) is 3. The summed E-state index contributed by atoms with van der Waals surface area (Å²) in [6.45, 7) is 0. The molecule has 6 heteroatoms. The summed E-state index contributed by atoms with van der Waals surface area (Å²) in [6, 6.07) is 15.4. The summed E-state index contributed by atoms with van der Waals surface area (Å²) in [5.41, 5.74) is 7.33. The highest BCUT2D eigenvalue weighted by molar-refractivity contribution is 5.97. The molecule has 0 fully saturated rings. The van der Waals surface area contributed by atoms with Crippen LogP contribution in [0.25, 0.3) is 11.1 Å². The molecule has 6 nitrogen and oxygen atoms in total. The Bertz CT molecular complexity index is 726. The van der Waals surface area contributed by atoms with Crippen molar-refractivity contribution < 1.29 is 19.5 Å². The van der Waals surface area contributed by atoms with Gasteiger partial charge in [-0.2, -0.15) is 0 Å². The Balaban J connectivity index is 2.06. The van der Waals surface area contributed by atoms with E-state index >= 15 is 0 Å². The Morgan fingerprint density at radius 3 is 2.08 bits per heavy atom. The summed E-state index contributed by atoms with van der Waals surface area (Å²) >= 11 is 0. The molecule has 24 heavy (non-hydrogen) atoms. The minimum Gasteiger partial charge on any atom is -0.480 e. The van der Waals surface area contributed by atoms with Gasteiger partial charge in [0.2, 0.25) is 5.91 Å². The predicted molar refractivity (Wildman–Crippen MR) is 89.2 cm³/mol. The molecule has 0 radical (unpaired) electrons. The molecular formula is C18H18N2O4. The molecule has 0 saturated heterocycles. The molecule has 4 N–H and O–H groups in total. The maximum Gasteiger partial charge on any atom is 0.326 e. The van der Waals surface area contributed by atoms with E-state index in [1.807, 2.05) is 30.3 Å². The van der Waals surface area contributed by atoms with Crippen molar-refractivity contribution in [1.29, 1.82) is 0 Å². The Morgan fingerprint density at radius 1 is 0.958 bits per heavy atom. The first-order valence-corrected chi connectivity index (χ1v) is 7.45. The highest BCUT2D eigenvalue weighted by Gasteiger charge is 2.21. The molecule has 1 atom stereocenters. The van der Waals surface area contributed by atoms with Crippen LogP contribution in [0.15, 0.2) is 54.6 Å². The molecule has 0 aliphatic carbocycles. The number of nitrogens with two attached hydrogens (primary N) is 1. The van der Waals surface area contributed by atoms with Crippen LogP contribution in [0.2, 0.25) is 0 Å². The highest BCUT2D eigenvalue weighted by Crippen LogP contribution is 2.19. The molecule has 2 aromatic carbocycles. The van der Waals surface area contributed by atoms with Crippen molar-refractivity contribution in [2.75, 3.05) is 0 Å². The zero-order valence-corrected chi connectivity index (χ0v) is 12.9. The summed E-state index contributed by atoms with van der Waals surface area (Å²) in [7, 11) is 0. The van der Waals surface area contributed by atoms with E-state index in [0.29, 0.717) is 5.56 Å². The molecule has 0 aliphatic heterocycles. The number of carboxylic acid groups (broad SMARTS) is 1. The van der Waals surface area contributed by atoms with E-state index in [-0.39, 0.29) is 12.8 Å². The standard InChI is InChI=1S/C18H18N2O4/c19-16(21)11-10-15(18(23)24)20-17(22)14-8-6-13(7-9-14)12-4-2-1-3-5-12/h1-9,15H,10-11H2,(H2,19,21)(H,20,22)(H,23,24). The average Bonchev–Trinajstić information content (AvgIpc) is 2.59. The van der Waals surface area contributed by atoms with E-state index in [1.54, 1.807) is 24.3 Å². The number of nitrogens with one attached hydrogen (secondary N) is 1. The Labute approximate surface area is 139 Å². The first-order chi connectivity index (χ1) is 11.5. The first-order valence-electron chi connectivity index (χ1n) is 7.45. The third kappa shape index (κ3) is 4.67. The van der Waals surface area contributed by atoms with Gasteiger partial charge in [-0.25, -0.2) is 4.79 Å². The fraction of sp³-hybridized carbons (Fsp3) is 0.167. The van der Waals surface area contributed by atoms with Gasteiger partial charge in [0, 0.05) is 12.0 Å². The number of aliphatic carboxylic acids is 1. The summed E-state index contributed by atoms with van der Waals surface area (Å²) < 4.78 is 0. The van der Waals surface area contributed by atoms with Gasteiger partial charge in [0.15, 0.2) is 0 Å². The molecule has 0 aliphatic rings. The van der Waals surface area contributed by atoms with Gasteiger partial charge in [-0.05, 0) is 29.7 Å². The first kappa shape index (κ1) is 17.2. The van der Waals surface area contributed by atoms with Crippen molar-refractivity contribution in [2.45, 2.75) is 18.9 Å². The Morgan fingerprint density at radius 2 is 1.54 bits per heavy atom. The van der Waals surface area contributed by atoms with Crippen LogP contribution in [0.4, 0.5) is 0 Å². The molecule has 0 saturated carbocycles. The molecule has 0 heterocycles. The van der Waals surface area contributed by atoms with Gasteiger partial charge < -0.3 is 16.2 Å². The van der Waals surface area contributed by atoms with Crippen molar-refractivity contribution >= 4 is 17.8 Å². The molecule has 0 bridgehead atoms. The van der Waals surface area contributed by atoms with Gasteiger partial charge >= 0.3 is 5.97 Å². The number of rotatable bonds is 7. The second kappa shape index (κ2) is 7.92. The van der Waals surface area contributed by atoms with Crippen LogP contribution in [0.3, 0.4) is 0 Å². The van der Waals surface area contributed by atoms with Crippen molar-refractivity contribution in [3.63, 3.8) is 0 Å². The van der Waals surface area contributed by atoms with Crippen LogP contribution in [-0.2, 0) is 9.59 Å². The predicted octanol–water partition coefficient (Wildman–Crippen LogP) is 1.80. The zero-order chi connectivity index (χ0) is 17.5. The van der Waals surface area contributed by atoms with E-state index in [2.05, 4.69) is 5.32 Å². The Hall–Kier alpha value is -3.15. The highest BCUT2D eigenvalue weighted by atomic mass is 16.4. The number of hydrogen-bond acceptors (Lipinski definition) is 3. The van der Waals surface area contributed by atoms with Crippen molar-refractivity contribution in [1.82, 2.24) is 5.32 Å². The molecule has 2 amide bonds. The third-order valence-electron chi connectivity index (χ3n) is 3.54. The second-order valence-corrected chi connectivity index (χ2v) is 5.31. The Kier molecular flexibility index (Phi) is 5.68. The van der Waals surface area contributed by atoms with Gasteiger partial charge in [0.1, 0.15) is 6.04 Å². The topological polar surface area (TPSA) is 109 Å². The number of amides is 2. The minimum absolute atomic E-state index is 0.0431. The van der Waals surface area contributed by atoms with E-state index < -0.39 is 23.8 Å².